The van der Waals surface area contributed by atoms with E-state index < -0.39 is 6.03 Å². The summed E-state index contributed by atoms with van der Waals surface area (Å²) >= 11 is 6.72. The summed E-state index contributed by atoms with van der Waals surface area (Å²) in [5.41, 5.74) is 1.19. The summed E-state index contributed by atoms with van der Waals surface area (Å²) in [5, 5.41) is 12.8. The number of thioether (sulfide) groups is 1. The van der Waals surface area contributed by atoms with Crippen molar-refractivity contribution in [2.45, 2.75) is 5.03 Å². The zero-order chi connectivity index (χ0) is 17.0. The lowest BCUT2D eigenvalue weighted by Crippen LogP contribution is -2.29. The zero-order valence-electron chi connectivity index (χ0n) is 12.9. The smallest absolute Gasteiger partial charge is 0.315 e. The number of hydrogen-bond acceptors (Lipinski definition) is 4. The molecule has 0 radical (unpaired) electrons. The molecule has 0 fully saturated rings. The van der Waals surface area contributed by atoms with Crippen LogP contribution in [-0.2, 0) is 14.1 Å². The Morgan fingerprint density at radius 2 is 1.96 bits per heavy atom. The number of carbonyl (C=O) groups is 1. The van der Waals surface area contributed by atoms with Gasteiger partial charge in [0.25, 0.3) is 0 Å². The van der Waals surface area contributed by atoms with Gasteiger partial charge in [-0.1, -0.05) is 18.2 Å². The van der Waals surface area contributed by atoms with Crippen molar-refractivity contribution >= 4 is 35.7 Å². The second-order valence-corrected chi connectivity index (χ2v) is 5.79. The third kappa shape index (κ3) is 3.52. The Morgan fingerprint density at radius 1 is 1.30 bits per heavy atom. The molecule has 0 aliphatic heterocycles. The number of nitriles is 1. The van der Waals surface area contributed by atoms with Crippen LogP contribution in [-0.4, -0.2) is 21.4 Å². The third-order valence-electron chi connectivity index (χ3n) is 3.17. The van der Waals surface area contributed by atoms with E-state index in [4.69, 9.17) is 12.2 Å². The van der Waals surface area contributed by atoms with E-state index in [1.165, 1.54) is 11.8 Å². The quantitative estimate of drug-likeness (QED) is 0.516. The Balaban J connectivity index is 2.59. The summed E-state index contributed by atoms with van der Waals surface area (Å²) < 4.78 is 3.75. The molecule has 0 unspecified atom stereocenters. The van der Waals surface area contributed by atoms with Crippen LogP contribution in [0, 0.1) is 16.1 Å². The number of nitrogens with one attached hydrogen (secondary N) is 1. The number of benzene rings is 1. The summed E-state index contributed by atoms with van der Waals surface area (Å²) in [7, 11) is 3.46. The molecule has 23 heavy (non-hydrogen) atoms. The van der Waals surface area contributed by atoms with E-state index in [9.17, 15) is 10.1 Å². The molecule has 1 N–H and O–H groups in total. The van der Waals surface area contributed by atoms with Crippen LogP contribution < -0.4 is 10.8 Å². The van der Waals surface area contributed by atoms with E-state index in [1.807, 2.05) is 24.5 Å². The summed E-state index contributed by atoms with van der Waals surface area (Å²) in [4.78, 5) is 16.2. The van der Waals surface area contributed by atoms with Gasteiger partial charge >= 0.3 is 6.03 Å². The number of hydrogen-bond donors (Lipinski definition) is 1. The third-order valence-corrected chi connectivity index (χ3v) is 4.58. The van der Waals surface area contributed by atoms with Crippen molar-refractivity contribution in [3.8, 4) is 6.07 Å². The number of urea groups is 1. The van der Waals surface area contributed by atoms with Crippen molar-refractivity contribution < 1.29 is 4.79 Å². The number of anilines is 1. The minimum Gasteiger partial charge on any atom is -0.315 e. The minimum absolute atomic E-state index is 0.244. The van der Waals surface area contributed by atoms with Gasteiger partial charge in [0.1, 0.15) is 11.6 Å². The molecule has 2 aromatic rings. The molecular formula is C15H15N5OS2. The van der Waals surface area contributed by atoms with Gasteiger partial charge in [0.05, 0.1) is 5.03 Å². The molecule has 0 aliphatic rings. The molecule has 118 valence electrons. The molecule has 0 spiro atoms. The number of rotatable bonds is 2. The van der Waals surface area contributed by atoms with Gasteiger partial charge in [-0.05, 0) is 30.6 Å². The highest BCUT2D eigenvalue weighted by Gasteiger charge is 2.12. The first kappa shape index (κ1) is 17.0. The molecule has 1 heterocycles. The first-order valence-electron chi connectivity index (χ1n) is 6.64. The van der Waals surface area contributed by atoms with Crippen LogP contribution in [0.3, 0.4) is 0 Å². The maximum absolute atomic E-state index is 12.1. The Hall–Kier alpha value is -2.37. The fraction of sp³-hybridized carbons (Fsp3) is 0.200. The van der Waals surface area contributed by atoms with Gasteiger partial charge < -0.3 is 14.5 Å². The molecule has 1 aromatic heterocycles. The van der Waals surface area contributed by atoms with Crippen LogP contribution in [0.25, 0.3) is 0 Å². The molecule has 2 rings (SSSR count). The highest BCUT2D eigenvalue weighted by atomic mass is 32.2. The van der Waals surface area contributed by atoms with Gasteiger partial charge in [-0.25, -0.2) is 4.79 Å². The molecule has 1 aromatic carbocycles. The van der Waals surface area contributed by atoms with Gasteiger partial charge in [0, 0.05) is 19.8 Å². The van der Waals surface area contributed by atoms with Crippen molar-refractivity contribution in [2.75, 3.05) is 11.6 Å². The van der Waals surface area contributed by atoms with Crippen molar-refractivity contribution in [2.24, 2.45) is 19.1 Å². The molecule has 0 saturated heterocycles. The van der Waals surface area contributed by atoms with Crippen LogP contribution in [0.5, 0.6) is 0 Å². The number of para-hydroxylation sites is 1. The van der Waals surface area contributed by atoms with Crippen molar-refractivity contribution in [3.63, 3.8) is 0 Å². The second kappa shape index (κ2) is 7.26. The van der Waals surface area contributed by atoms with Crippen molar-refractivity contribution in [3.05, 3.63) is 46.2 Å². The molecule has 0 atom stereocenters. The van der Waals surface area contributed by atoms with E-state index in [0.717, 1.165) is 0 Å². The SMILES string of the molecule is CSc1c(C#N)c(=NC(=O)Nc2ccccc2)n(C)c(=S)n1C. The van der Waals surface area contributed by atoms with E-state index in [2.05, 4.69) is 16.4 Å². The average Bonchev–Trinajstić information content (AvgIpc) is 2.56. The summed E-state index contributed by atoms with van der Waals surface area (Å²) in [6.45, 7) is 0. The van der Waals surface area contributed by atoms with Crippen LogP contribution in [0.4, 0.5) is 10.5 Å². The van der Waals surface area contributed by atoms with E-state index >= 15 is 0 Å². The molecule has 0 aliphatic carbocycles. The Kier molecular flexibility index (Phi) is 5.36. The van der Waals surface area contributed by atoms with Gasteiger partial charge in [0.2, 0.25) is 0 Å². The molecule has 8 heteroatoms. The Morgan fingerprint density at radius 3 is 2.52 bits per heavy atom. The molecule has 2 amide bonds. The van der Waals surface area contributed by atoms with E-state index in [1.54, 1.807) is 35.4 Å². The molecule has 0 bridgehead atoms. The van der Waals surface area contributed by atoms with Crippen LogP contribution >= 0.6 is 24.0 Å². The number of amides is 2. The summed E-state index contributed by atoms with van der Waals surface area (Å²) in [6.07, 6.45) is 1.85. The standard InChI is InChI=1S/C15H15N5OS2/c1-19-12(11(9-16)13(23-3)20(2)15(19)22)18-14(21)17-10-7-5-4-6-8-10/h4-8H,1-3H3,(H,17,21). The Labute approximate surface area is 143 Å². The predicted octanol–water partition coefficient (Wildman–Crippen LogP) is 2.82. The number of carbonyl (C=O) groups excluding carboxylic acids is 1. The molecule has 6 nitrogen and oxygen atoms in total. The highest BCUT2D eigenvalue weighted by Crippen LogP contribution is 2.16. The van der Waals surface area contributed by atoms with E-state index in [0.29, 0.717) is 21.0 Å². The van der Waals surface area contributed by atoms with Gasteiger partial charge in [-0.3, -0.25) is 0 Å². The van der Waals surface area contributed by atoms with Crippen LogP contribution in [0.15, 0.2) is 40.4 Å². The topological polar surface area (TPSA) is 75.1 Å². The van der Waals surface area contributed by atoms with E-state index in [-0.39, 0.29) is 5.49 Å². The Bertz CT molecular complexity index is 906. The maximum atomic E-state index is 12.1. The minimum atomic E-state index is -0.557. The van der Waals surface area contributed by atoms with Gasteiger partial charge in [0.15, 0.2) is 10.3 Å². The summed E-state index contributed by atoms with van der Waals surface area (Å²) in [5.74, 6) is 0. The number of nitrogens with zero attached hydrogens (tertiary/aromatic N) is 4. The fourth-order valence-electron chi connectivity index (χ4n) is 2.07. The largest absolute Gasteiger partial charge is 0.347 e. The zero-order valence-corrected chi connectivity index (χ0v) is 14.5. The maximum Gasteiger partial charge on any atom is 0.347 e. The average molecular weight is 345 g/mol. The first-order chi connectivity index (χ1) is 11.0. The van der Waals surface area contributed by atoms with Gasteiger partial charge in [-0.2, -0.15) is 10.3 Å². The van der Waals surface area contributed by atoms with Crippen LogP contribution in [0.1, 0.15) is 5.56 Å². The molecule has 0 saturated carbocycles. The molecular weight excluding hydrogens is 330 g/mol. The fourth-order valence-corrected chi connectivity index (χ4v) is 3.01. The monoisotopic (exact) mass is 345 g/mol. The second-order valence-electron chi connectivity index (χ2n) is 4.63. The van der Waals surface area contributed by atoms with Crippen LogP contribution in [0.2, 0.25) is 0 Å². The normalized spacial score (nSPS) is 11.1. The predicted molar refractivity (Wildman–Crippen MR) is 92.7 cm³/mol. The van der Waals surface area contributed by atoms with Gasteiger partial charge in [-0.15, -0.1) is 11.8 Å². The lowest BCUT2D eigenvalue weighted by molar-refractivity contribution is 0.258. The number of aromatic nitrogens is 2. The highest BCUT2D eigenvalue weighted by molar-refractivity contribution is 7.98. The lowest BCUT2D eigenvalue weighted by atomic mass is 10.3. The van der Waals surface area contributed by atoms with Crippen molar-refractivity contribution in [1.29, 1.82) is 5.26 Å². The van der Waals surface area contributed by atoms with Crippen molar-refractivity contribution in [1.82, 2.24) is 9.13 Å². The lowest BCUT2D eigenvalue weighted by Gasteiger charge is -2.12. The summed E-state index contributed by atoms with van der Waals surface area (Å²) in [6, 6.07) is 10.5. The first-order valence-corrected chi connectivity index (χ1v) is 8.27.